The van der Waals surface area contributed by atoms with E-state index in [0.29, 0.717) is 26.9 Å². The van der Waals surface area contributed by atoms with E-state index >= 15 is 0 Å². The average Bonchev–Trinajstić information content (AvgIpc) is 2.48. The smallest absolute Gasteiger partial charge is 0.240 e. The number of sulfonamides is 1. The van der Waals surface area contributed by atoms with Crippen LogP contribution in [0.1, 0.15) is 18.1 Å². The molecule has 0 aliphatic rings. The summed E-state index contributed by atoms with van der Waals surface area (Å²) in [6.07, 6.45) is 0. The van der Waals surface area contributed by atoms with Gasteiger partial charge in [0.15, 0.2) is 0 Å². The lowest BCUT2D eigenvalue weighted by Crippen LogP contribution is -2.23. The van der Waals surface area contributed by atoms with Crippen LogP contribution in [0.3, 0.4) is 0 Å². The maximum Gasteiger partial charge on any atom is 0.240 e. The number of aryl methyl sites for hydroxylation is 1. The maximum atomic E-state index is 12.4. The summed E-state index contributed by atoms with van der Waals surface area (Å²) in [6.45, 7) is 3.16. The third kappa shape index (κ3) is 4.70. The molecule has 2 aromatic carbocycles. The summed E-state index contributed by atoms with van der Waals surface area (Å²) in [5, 5.41) is 3.51. The third-order valence-corrected chi connectivity index (χ3v) is 5.27. The first-order valence-corrected chi connectivity index (χ1v) is 9.25. The topological polar surface area (TPSA) is 75.3 Å². The van der Waals surface area contributed by atoms with Crippen LogP contribution in [0.2, 0.25) is 10.0 Å². The molecule has 0 aliphatic heterocycles. The van der Waals surface area contributed by atoms with E-state index in [0.717, 1.165) is 0 Å². The number of nitrogens with one attached hydrogen (secondary N) is 2. The SMILES string of the molecule is CC(=O)Nc1ccc(S(=O)(=O)NCc2ccc(Cl)cc2Cl)cc1C. The second-order valence-corrected chi connectivity index (χ2v) is 7.83. The fourth-order valence-corrected chi connectivity index (χ4v) is 3.62. The molecular weight excluding hydrogens is 371 g/mol. The van der Waals surface area contributed by atoms with Crippen molar-refractivity contribution in [3.05, 3.63) is 57.6 Å². The molecule has 1 amide bonds. The lowest BCUT2D eigenvalue weighted by Gasteiger charge is -2.11. The summed E-state index contributed by atoms with van der Waals surface area (Å²) in [6, 6.07) is 9.35. The molecule has 2 rings (SSSR count). The van der Waals surface area contributed by atoms with E-state index in [-0.39, 0.29) is 17.3 Å². The lowest BCUT2D eigenvalue weighted by atomic mass is 10.2. The van der Waals surface area contributed by atoms with Crippen LogP contribution >= 0.6 is 23.2 Å². The molecule has 0 aromatic heterocycles. The van der Waals surface area contributed by atoms with E-state index in [1.807, 2.05) is 0 Å². The molecule has 5 nitrogen and oxygen atoms in total. The van der Waals surface area contributed by atoms with Crippen molar-refractivity contribution in [1.29, 1.82) is 0 Å². The van der Waals surface area contributed by atoms with Gasteiger partial charge in [-0.05, 0) is 48.4 Å². The van der Waals surface area contributed by atoms with E-state index in [1.54, 1.807) is 31.2 Å². The average molecular weight is 387 g/mol. The summed E-state index contributed by atoms with van der Waals surface area (Å²) in [5.74, 6) is -0.218. The van der Waals surface area contributed by atoms with E-state index in [1.165, 1.54) is 19.1 Å². The zero-order valence-electron chi connectivity index (χ0n) is 13.1. The van der Waals surface area contributed by atoms with Crippen molar-refractivity contribution in [2.75, 3.05) is 5.32 Å². The second-order valence-electron chi connectivity index (χ2n) is 5.22. The molecule has 0 atom stereocenters. The van der Waals surface area contributed by atoms with Crippen LogP contribution in [0.25, 0.3) is 0 Å². The van der Waals surface area contributed by atoms with Crippen LogP contribution in [0, 0.1) is 6.92 Å². The van der Waals surface area contributed by atoms with Gasteiger partial charge >= 0.3 is 0 Å². The number of carbonyl (C=O) groups excluding carboxylic acids is 1. The lowest BCUT2D eigenvalue weighted by molar-refractivity contribution is -0.114. The van der Waals surface area contributed by atoms with Crippen molar-refractivity contribution >= 4 is 44.8 Å². The molecule has 0 saturated carbocycles. The van der Waals surface area contributed by atoms with Gasteiger partial charge in [0.25, 0.3) is 0 Å². The van der Waals surface area contributed by atoms with Gasteiger partial charge in [0.2, 0.25) is 15.9 Å². The van der Waals surface area contributed by atoms with Crippen molar-refractivity contribution < 1.29 is 13.2 Å². The number of rotatable bonds is 5. The van der Waals surface area contributed by atoms with Crippen LogP contribution in [-0.2, 0) is 21.4 Å². The minimum absolute atomic E-state index is 0.0465. The molecule has 0 heterocycles. The zero-order chi connectivity index (χ0) is 17.9. The highest BCUT2D eigenvalue weighted by molar-refractivity contribution is 7.89. The first kappa shape index (κ1) is 18.7. The van der Waals surface area contributed by atoms with Gasteiger partial charge in [0, 0.05) is 29.2 Å². The van der Waals surface area contributed by atoms with E-state index < -0.39 is 10.0 Å². The van der Waals surface area contributed by atoms with Crippen molar-refractivity contribution in [3.63, 3.8) is 0 Å². The Morgan fingerprint density at radius 2 is 1.83 bits per heavy atom. The molecule has 0 unspecified atom stereocenters. The molecule has 0 fully saturated rings. The molecule has 0 bridgehead atoms. The fraction of sp³-hybridized carbons (Fsp3) is 0.188. The summed E-state index contributed by atoms with van der Waals surface area (Å²) in [5.41, 5.74) is 1.84. The van der Waals surface area contributed by atoms with Crippen LogP contribution in [0.15, 0.2) is 41.3 Å². The van der Waals surface area contributed by atoms with E-state index in [4.69, 9.17) is 23.2 Å². The predicted octanol–water partition coefficient (Wildman–Crippen LogP) is 3.74. The highest BCUT2D eigenvalue weighted by Gasteiger charge is 2.16. The monoisotopic (exact) mass is 386 g/mol. The Morgan fingerprint density at radius 3 is 2.42 bits per heavy atom. The summed E-state index contributed by atoms with van der Waals surface area (Å²) in [7, 11) is -3.71. The van der Waals surface area contributed by atoms with Crippen molar-refractivity contribution in [3.8, 4) is 0 Å². The summed E-state index contributed by atoms with van der Waals surface area (Å²) in [4.78, 5) is 11.2. The summed E-state index contributed by atoms with van der Waals surface area (Å²) >= 11 is 11.9. The Kier molecular flexibility index (Phi) is 5.87. The van der Waals surface area contributed by atoms with Crippen molar-refractivity contribution in [1.82, 2.24) is 4.72 Å². The maximum absolute atomic E-state index is 12.4. The molecule has 2 aromatic rings. The standard InChI is InChI=1S/C16H16Cl2N2O3S/c1-10-7-14(5-6-16(10)20-11(2)21)24(22,23)19-9-12-3-4-13(17)8-15(12)18/h3-8,19H,9H2,1-2H3,(H,20,21). The van der Waals surface area contributed by atoms with Crippen LogP contribution < -0.4 is 10.0 Å². The Morgan fingerprint density at radius 1 is 1.12 bits per heavy atom. The molecule has 8 heteroatoms. The molecule has 2 N–H and O–H groups in total. The number of hydrogen-bond donors (Lipinski definition) is 2. The van der Waals surface area contributed by atoms with E-state index in [9.17, 15) is 13.2 Å². The van der Waals surface area contributed by atoms with Gasteiger partial charge in [0.1, 0.15) is 0 Å². The molecule has 0 spiro atoms. The first-order chi connectivity index (χ1) is 11.2. The van der Waals surface area contributed by atoms with Gasteiger partial charge < -0.3 is 5.32 Å². The molecule has 128 valence electrons. The van der Waals surface area contributed by atoms with Crippen LogP contribution in [-0.4, -0.2) is 14.3 Å². The Labute approximate surface area is 151 Å². The largest absolute Gasteiger partial charge is 0.326 e. The quantitative estimate of drug-likeness (QED) is 0.821. The summed E-state index contributed by atoms with van der Waals surface area (Å²) < 4.78 is 27.3. The molecule has 0 aliphatic carbocycles. The molecule has 24 heavy (non-hydrogen) atoms. The highest BCUT2D eigenvalue weighted by atomic mass is 35.5. The van der Waals surface area contributed by atoms with Crippen molar-refractivity contribution in [2.24, 2.45) is 0 Å². The Hall–Kier alpha value is -1.60. The fourth-order valence-electron chi connectivity index (χ4n) is 2.05. The van der Waals surface area contributed by atoms with Gasteiger partial charge in [0.05, 0.1) is 4.90 Å². The number of anilines is 1. The Bertz CT molecular complexity index is 883. The van der Waals surface area contributed by atoms with Crippen molar-refractivity contribution in [2.45, 2.75) is 25.3 Å². The minimum atomic E-state index is -3.71. The van der Waals surface area contributed by atoms with Gasteiger partial charge in [-0.1, -0.05) is 29.3 Å². The predicted molar refractivity (Wildman–Crippen MR) is 96.0 cm³/mol. The van der Waals surface area contributed by atoms with Gasteiger partial charge in [-0.2, -0.15) is 0 Å². The van der Waals surface area contributed by atoms with E-state index in [2.05, 4.69) is 10.0 Å². The number of hydrogen-bond acceptors (Lipinski definition) is 3. The molecule has 0 radical (unpaired) electrons. The van der Waals surface area contributed by atoms with Gasteiger partial charge in [-0.25, -0.2) is 13.1 Å². The number of halogens is 2. The molecule has 0 saturated heterocycles. The number of carbonyl (C=O) groups is 1. The van der Waals surface area contributed by atoms with Gasteiger partial charge in [-0.3, -0.25) is 4.79 Å². The highest BCUT2D eigenvalue weighted by Crippen LogP contribution is 2.22. The third-order valence-electron chi connectivity index (χ3n) is 3.29. The zero-order valence-corrected chi connectivity index (χ0v) is 15.4. The van der Waals surface area contributed by atoms with Gasteiger partial charge in [-0.15, -0.1) is 0 Å². The second kappa shape index (κ2) is 7.53. The Balaban J connectivity index is 2.18. The normalized spacial score (nSPS) is 11.3. The van der Waals surface area contributed by atoms with Crippen LogP contribution in [0.4, 0.5) is 5.69 Å². The molecular formula is C16H16Cl2N2O3S. The number of benzene rings is 2. The number of amides is 1. The van der Waals surface area contributed by atoms with Crippen LogP contribution in [0.5, 0.6) is 0 Å². The minimum Gasteiger partial charge on any atom is -0.326 e. The first-order valence-electron chi connectivity index (χ1n) is 7.01.